The van der Waals surface area contributed by atoms with E-state index >= 15 is 0 Å². The van der Waals surface area contributed by atoms with Crippen molar-refractivity contribution in [2.45, 2.75) is 46.6 Å². The van der Waals surface area contributed by atoms with Crippen LogP contribution in [0, 0.1) is 5.41 Å². The molecule has 0 aliphatic rings. The average Bonchev–Trinajstić information content (AvgIpc) is 2.97. The number of ether oxygens (including phenoxy) is 1. The molecule has 0 atom stereocenters. The first-order valence-electron chi connectivity index (χ1n) is 6.70. The van der Waals surface area contributed by atoms with Gasteiger partial charge in [-0.25, -0.2) is 4.98 Å². The number of aromatic nitrogens is 3. The molecule has 0 radical (unpaired) electrons. The fourth-order valence-corrected chi connectivity index (χ4v) is 2.49. The van der Waals surface area contributed by atoms with Crippen LogP contribution in [0.15, 0.2) is 9.90 Å². The van der Waals surface area contributed by atoms with Crippen molar-refractivity contribution in [3.8, 4) is 0 Å². The van der Waals surface area contributed by atoms with Crippen LogP contribution in [0.4, 0.5) is 0 Å². The fraction of sp³-hybridized carbons (Fsp3) is 0.643. The Labute approximate surface area is 123 Å². The summed E-state index contributed by atoms with van der Waals surface area (Å²) in [5.74, 6) is 1.41. The summed E-state index contributed by atoms with van der Waals surface area (Å²) in [5.41, 5.74) is 1.23. The maximum atomic E-state index is 5.28. The molecule has 2 aromatic rings. The lowest BCUT2D eigenvalue weighted by Crippen LogP contribution is -2.07. The Kier molecular flexibility index (Phi) is 4.88. The molecule has 0 aliphatic heterocycles. The largest absolute Gasteiger partial charge is 0.378 e. The van der Waals surface area contributed by atoms with Gasteiger partial charge in [-0.15, -0.1) is 11.3 Å². The maximum absolute atomic E-state index is 5.28. The number of nitrogens with zero attached hydrogens (tertiary/aromatic N) is 3. The van der Waals surface area contributed by atoms with Crippen LogP contribution >= 0.6 is 11.3 Å². The lowest BCUT2D eigenvalue weighted by Gasteiger charge is -2.15. The van der Waals surface area contributed by atoms with E-state index in [0.717, 1.165) is 29.4 Å². The molecule has 0 unspecified atom stereocenters. The molecule has 5 nitrogen and oxygen atoms in total. The summed E-state index contributed by atoms with van der Waals surface area (Å²) in [7, 11) is 1.67. The zero-order valence-electron chi connectivity index (χ0n) is 12.5. The topological polar surface area (TPSA) is 61.0 Å². The van der Waals surface area contributed by atoms with E-state index < -0.39 is 0 Å². The Balaban J connectivity index is 1.91. The molecule has 0 saturated heterocycles. The second-order valence-corrected chi connectivity index (χ2v) is 6.95. The van der Waals surface area contributed by atoms with E-state index in [1.54, 1.807) is 18.4 Å². The van der Waals surface area contributed by atoms with Crippen LogP contribution in [0.5, 0.6) is 0 Å². The first kappa shape index (κ1) is 15.1. The number of thiazole rings is 1. The van der Waals surface area contributed by atoms with Crippen molar-refractivity contribution in [2.75, 3.05) is 7.11 Å². The molecule has 20 heavy (non-hydrogen) atoms. The van der Waals surface area contributed by atoms with Crippen molar-refractivity contribution in [2.24, 2.45) is 5.41 Å². The van der Waals surface area contributed by atoms with Gasteiger partial charge in [0, 0.05) is 18.9 Å². The second-order valence-electron chi connectivity index (χ2n) is 6.01. The summed E-state index contributed by atoms with van der Waals surface area (Å²) >= 11 is 1.59. The van der Waals surface area contributed by atoms with Gasteiger partial charge in [0.15, 0.2) is 5.82 Å². The van der Waals surface area contributed by atoms with Crippen LogP contribution in [0.25, 0.3) is 0 Å². The smallest absolute Gasteiger partial charge is 0.232 e. The van der Waals surface area contributed by atoms with Gasteiger partial charge in [0.05, 0.1) is 18.7 Å². The number of hydrogen-bond donors (Lipinski definition) is 0. The zero-order valence-corrected chi connectivity index (χ0v) is 13.3. The van der Waals surface area contributed by atoms with Crippen LogP contribution in [0.2, 0.25) is 0 Å². The standard InChI is InChI=1S/C14H21N3O2S/c1-14(2,3)6-5-11-16-12(19-17-11)7-10-9-20-13(15-10)8-18-4/h9H,5-8H2,1-4H3. The van der Waals surface area contributed by atoms with E-state index in [2.05, 4.69) is 35.9 Å². The van der Waals surface area contributed by atoms with Crippen molar-refractivity contribution in [1.82, 2.24) is 15.1 Å². The van der Waals surface area contributed by atoms with E-state index in [0.29, 0.717) is 18.9 Å². The highest BCUT2D eigenvalue weighted by molar-refractivity contribution is 7.09. The van der Waals surface area contributed by atoms with Crippen molar-refractivity contribution in [3.05, 3.63) is 27.8 Å². The summed E-state index contributed by atoms with van der Waals surface area (Å²) in [6.07, 6.45) is 2.47. The normalized spacial score (nSPS) is 12.0. The predicted molar refractivity (Wildman–Crippen MR) is 77.7 cm³/mol. The molecule has 0 amide bonds. The minimum absolute atomic E-state index is 0.283. The first-order valence-corrected chi connectivity index (χ1v) is 7.58. The fourth-order valence-electron chi connectivity index (χ4n) is 1.73. The lowest BCUT2D eigenvalue weighted by molar-refractivity contribution is 0.184. The Bertz CT molecular complexity index is 543. The van der Waals surface area contributed by atoms with Crippen molar-refractivity contribution in [1.29, 1.82) is 0 Å². The zero-order chi connectivity index (χ0) is 14.6. The second kappa shape index (κ2) is 6.45. The van der Waals surface area contributed by atoms with E-state index in [1.807, 2.05) is 5.38 Å². The predicted octanol–water partition coefficient (Wildman–Crippen LogP) is 3.24. The Morgan fingerprint density at radius 2 is 2.10 bits per heavy atom. The van der Waals surface area contributed by atoms with Gasteiger partial charge < -0.3 is 9.26 Å². The van der Waals surface area contributed by atoms with E-state index in [4.69, 9.17) is 9.26 Å². The van der Waals surface area contributed by atoms with Crippen LogP contribution in [0.1, 0.15) is 49.6 Å². The van der Waals surface area contributed by atoms with Crippen LogP contribution in [0.3, 0.4) is 0 Å². The molecule has 0 fully saturated rings. The molecule has 0 aromatic carbocycles. The molecule has 2 rings (SSSR count). The average molecular weight is 295 g/mol. The molecular formula is C14H21N3O2S. The van der Waals surface area contributed by atoms with E-state index in [9.17, 15) is 0 Å². The summed E-state index contributed by atoms with van der Waals surface area (Å²) in [5, 5.41) is 7.00. The highest BCUT2D eigenvalue weighted by atomic mass is 32.1. The number of hydrogen-bond acceptors (Lipinski definition) is 6. The number of rotatable bonds is 6. The van der Waals surface area contributed by atoms with Gasteiger partial charge in [-0.05, 0) is 11.8 Å². The SMILES string of the molecule is COCc1nc(Cc2nc(CCC(C)(C)C)no2)cs1. The Morgan fingerprint density at radius 1 is 1.30 bits per heavy atom. The van der Waals surface area contributed by atoms with E-state index in [1.165, 1.54) is 0 Å². The van der Waals surface area contributed by atoms with Crippen LogP contribution < -0.4 is 0 Å². The molecule has 6 heteroatoms. The highest BCUT2D eigenvalue weighted by Gasteiger charge is 2.14. The Morgan fingerprint density at radius 3 is 2.80 bits per heavy atom. The summed E-state index contributed by atoms with van der Waals surface area (Å²) in [6, 6.07) is 0. The lowest BCUT2D eigenvalue weighted by atomic mass is 9.90. The molecule has 0 aliphatic carbocycles. The summed E-state index contributed by atoms with van der Waals surface area (Å²) in [6.45, 7) is 7.17. The summed E-state index contributed by atoms with van der Waals surface area (Å²) in [4.78, 5) is 8.87. The third-order valence-electron chi connectivity index (χ3n) is 2.81. The van der Waals surface area contributed by atoms with E-state index in [-0.39, 0.29) is 5.41 Å². The van der Waals surface area contributed by atoms with Gasteiger partial charge in [0.25, 0.3) is 0 Å². The van der Waals surface area contributed by atoms with Gasteiger partial charge >= 0.3 is 0 Å². The number of aryl methyl sites for hydroxylation is 1. The van der Waals surface area contributed by atoms with Crippen molar-refractivity contribution in [3.63, 3.8) is 0 Å². The first-order chi connectivity index (χ1) is 9.46. The monoisotopic (exact) mass is 295 g/mol. The highest BCUT2D eigenvalue weighted by Crippen LogP contribution is 2.21. The number of methoxy groups -OCH3 is 1. The van der Waals surface area contributed by atoms with Crippen molar-refractivity contribution >= 4 is 11.3 Å². The third kappa shape index (κ3) is 4.68. The van der Waals surface area contributed by atoms with Gasteiger partial charge in [0.1, 0.15) is 5.01 Å². The third-order valence-corrected chi connectivity index (χ3v) is 3.68. The molecule has 110 valence electrons. The molecular weight excluding hydrogens is 274 g/mol. The van der Waals surface area contributed by atoms with Crippen molar-refractivity contribution < 1.29 is 9.26 Å². The molecule has 0 N–H and O–H groups in total. The van der Waals surface area contributed by atoms with Gasteiger partial charge in [-0.3, -0.25) is 0 Å². The van der Waals surface area contributed by atoms with Crippen LogP contribution in [-0.2, 0) is 24.2 Å². The molecule has 2 aromatic heterocycles. The maximum Gasteiger partial charge on any atom is 0.232 e. The van der Waals surface area contributed by atoms with Crippen LogP contribution in [-0.4, -0.2) is 22.2 Å². The van der Waals surface area contributed by atoms with Gasteiger partial charge in [-0.1, -0.05) is 25.9 Å². The minimum atomic E-state index is 0.283. The summed E-state index contributed by atoms with van der Waals surface area (Å²) < 4.78 is 10.3. The quantitative estimate of drug-likeness (QED) is 0.818. The van der Waals surface area contributed by atoms with Gasteiger partial charge in [-0.2, -0.15) is 4.98 Å². The molecule has 0 spiro atoms. The molecule has 2 heterocycles. The Hall–Kier alpha value is -1.27. The molecule has 0 bridgehead atoms. The minimum Gasteiger partial charge on any atom is -0.378 e. The molecule has 0 saturated carbocycles. The van der Waals surface area contributed by atoms with Gasteiger partial charge in [0.2, 0.25) is 5.89 Å².